The number of aliphatic imine (C=N–C) groups is 1. The van der Waals surface area contributed by atoms with E-state index in [0.29, 0.717) is 5.56 Å². The number of halogens is 3. The second-order valence-corrected chi connectivity index (χ2v) is 3.57. The van der Waals surface area contributed by atoms with Gasteiger partial charge in [0.1, 0.15) is 6.54 Å². The first-order chi connectivity index (χ1) is 8.89. The Balaban J connectivity index is 2.22. The maximum Gasteiger partial charge on any atom is 0.493 e. The van der Waals surface area contributed by atoms with Gasteiger partial charge in [-0.1, -0.05) is 30.3 Å². The van der Waals surface area contributed by atoms with Crippen LogP contribution in [0.4, 0.5) is 13.2 Å². The van der Waals surface area contributed by atoms with Crippen LogP contribution in [0.1, 0.15) is 5.56 Å². The molecule has 1 aromatic carbocycles. The number of hydroxylamine groups is 2. The van der Waals surface area contributed by atoms with Gasteiger partial charge in [0, 0.05) is 5.56 Å². The fraction of sp³-hybridized carbons (Fsp3) is 0.182. The third-order valence-corrected chi connectivity index (χ3v) is 2.22. The first-order valence-corrected chi connectivity index (χ1v) is 5.11. The van der Waals surface area contributed by atoms with Gasteiger partial charge in [-0.05, 0) is 0 Å². The van der Waals surface area contributed by atoms with Gasteiger partial charge < -0.3 is 4.84 Å². The van der Waals surface area contributed by atoms with Crippen LogP contribution in [0.5, 0.6) is 0 Å². The fourth-order valence-electron chi connectivity index (χ4n) is 1.41. The van der Waals surface area contributed by atoms with E-state index in [1.54, 1.807) is 18.2 Å². The van der Waals surface area contributed by atoms with Crippen molar-refractivity contribution >= 4 is 17.7 Å². The standard InChI is InChI=1S/C11H7F3N2O3/c12-11(13,14)10(18)19-16-8(17)6-15-9(16)7-4-2-1-3-5-7/h1-5H,6H2. The number of hydrogen-bond acceptors (Lipinski definition) is 4. The van der Waals surface area contributed by atoms with Gasteiger partial charge >= 0.3 is 12.1 Å². The van der Waals surface area contributed by atoms with Crippen LogP contribution in [0.2, 0.25) is 0 Å². The molecule has 0 atom stereocenters. The number of hydrogen-bond donors (Lipinski definition) is 0. The molecular weight excluding hydrogens is 265 g/mol. The molecule has 0 saturated heterocycles. The van der Waals surface area contributed by atoms with E-state index in [1.165, 1.54) is 12.1 Å². The molecule has 0 unspecified atom stereocenters. The Morgan fingerprint density at radius 2 is 1.89 bits per heavy atom. The fourth-order valence-corrected chi connectivity index (χ4v) is 1.41. The highest BCUT2D eigenvalue weighted by molar-refractivity contribution is 6.12. The molecule has 19 heavy (non-hydrogen) atoms. The summed E-state index contributed by atoms with van der Waals surface area (Å²) >= 11 is 0. The number of rotatable bonds is 2. The van der Waals surface area contributed by atoms with Gasteiger partial charge in [-0.25, -0.2) is 4.79 Å². The van der Waals surface area contributed by atoms with Crippen molar-refractivity contribution in [2.45, 2.75) is 6.18 Å². The molecule has 0 bridgehead atoms. The van der Waals surface area contributed by atoms with Crippen molar-refractivity contribution in [1.82, 2.24) is 5.06 Å². The summed E-state index contributed by atoms with van der Waals surface area (Å²) < 4.78 is 36.3. The summed E-state index contributed by atoms with van der Waals surface area (Å²) in [5.74, 6) is -3.42. The molecule has 1 heterocycles. The van der Waals surface area contributed by atoms with Crippen LogP contribution >= 0.6 is 0 Å². The third kappa shape index (κ3) is 2.72. The van der Waals surface area contributed by atoms with Crippen molar-refractivity contribution in [3.8, 4) is 0 Å². The SMILES string of the molecule is O=C1CN=C(c2ccccc2)N1OC(=O)C(F)(F)F. The van der Waals surface area contributed by atoms with Crippen LogP contribution in [0, 0.1) is 0 Å². The Kier molecular flexibility index (Phi) is 3.24. The number of benzene rings is 1. The number of alkyl halides is 3. The number of carbonyl (C=O) groups is 2. The zero-order valence-electron chi connectivity index (χ0n) is 9.35. The second-order valence-electron chi connectivity index (χ2n) is 3.57. The molecule has 0 fully saturated rings. The van der Waals surface area contributed by atoms with Crippen LogP contribution in [0.15, 0.2) is 35.3 Å². The first kappa shape index (κ1) is 13.1. The summed E-state index contributed by atoms with van der Waals surface area (Å²) in [6.07, 6.45) is -5.18. The first-order valence-electron chi connectivity index (χ1n) is 5.11. The summed E-state index contributed by atoms with van der Waals surface area (Å²) in [4.78, 5) is 29.9. The van der Waals surface area contributed by atoms with Gasteiger partial charge in [-0.2, -0.15) is 13.2 Å². The van der Waals surface area contributed by atoms with E-state index >= 15 is 0 Å². The predicted octanol–water partition coefficient (Wildman–Crippen LogP) is 1.30. The van der Waals surface area contributed by atoms with Crippen LogP contribution in [-0.2, 0) is 14.4 Å². The van der Waals surface area contributed by atoms with Gasteiger partial charge in [0.15, 0.2) is 5.84 Å². The Bertz CT molecular complexity index is 540. The van der Waals surface area contributed by atoms with E-state index in [2.05, 4.69) is 9.83 Å². The van der Waals surface area contributed by atoms with E-state index in [0.717, 1.165) is 0 Å². The highest BCUT2D eigenvalue weighted by Gasteiger charge is 2.45. The monoisotopic (exact) mass is 272 g/mol. The topological polar surface area (TPSA) is 59.0 Å². The Labute approximate surface area is 105 Å². The van der Waals surface area contributed by atoms with Gasteiger partial charge in [0.05, 0.1) is 0 Å². The number of nitrogens with zero attached hydrogens (tertiary/aromatic N) is 2. The van der Waals surface area contributed by atoms with Gasteiger partial charge in [-0.3, -0.25) is 9.79 Å². The lowest BCUT2D eigenvalue weighted by molar-refractivity contribution is -0.224. The molecule has 1 aliphatic rings. The average molecular weight is 272 g/mol. The Hall–Kier alpha value is -2.38. The maximum absolute atomic E-state index is 12.1. The molecule has 2 rings (SSSR count). The summed E-state index contributed by atoms with van der Waals surface area (Å²) in [5.41, 5.74) is 0.378. The lowest BCUT2D eigenvalue weighted by Gasteiger charge is -2.17. The largest absolute Gasteiger partial charge is 0.493 e. The summed E-state index contributed by atoms with van der Waals surface area (Å²) in [7, 11) is 0. The highest BCUT2D eigenvalue weighted by atomic mass is 19.4. The minimum Gasteiger partial charge on any atom is -0.323 e. The normalized spacial score (nSPS) is 15.4. The molecule has 0 aromatic heterocycles. The molecular formula is C11H7F3N2O3. The van der Waals surface area contributed by atoms with Crippen LogP contribution < -0.4 is 0 Å². The minimum absolute atomic E-state index is 0.122. The maximum atomic E-state index is 12.1. The van der Waals surface area contributed by atoms with E-state index in [1.807, 2.05) is 0 Å². The highest BCUT2D eigenvalue weighted by Crippen LogP contribution is 2.20. The molecule has 5 nitrogen and oxygen atoms in total. The molecule has 1 aromatic rings. The summed E-state index contributed by atoms with van der Waals surface area (Å²) in [5, 5.41) is 0.269. The Morgan fingerprint density at radius 1 is 1.26 bits per heavy atom. The number of amidine groups is 1. The van der Waals surface area contributed by atoms with Crippen LogP contribution in [-0.4, -0.2) is 35.5 Å². The molecule has 0 spiro atoms. The van der Waals surface area contributed by atoms with E-state index in [-0.39, 0.29) is 17.4 Å². The molecule has 0 saturated carbocycles. The van der Waals surface area contributed by atoms with Gasteiger partial charge in [0.2, 0.25) is 0 Å². The third-order valence-electron chi connectivity index (χ3n) is 2.22. The molecule has 0 N–H and O–H groups in total. The lowest BCUT2D eigenvalue weighted by Crippen LogP contribution is -2.40. The van der Waals surface area contributed by atoms with Crippen molar-refractivity contribution in [1.29, 1.82) is 0 Å². The smallest absolute Gasteiger partial charge is 0.323 e. The van der Waals surface area contributed by atoms with E-state index in [4.69, 9.17) is 0 Å². The average Bonchev–Trinajstić information content (AvgIpc) is 2.71. The zero-order chi connectivity index (χ0) is 14.0. The van der Waals surface area contributed by atoms with E-state index < -0.39 is 18.1 Å². The number of carbonyl (C=O) groups excluding carboxylic acids is 2. The van der Waals surface area contributed by atoms with E-state index in [9.17, 15) is 22.8 Å². The molecule has 100 valence electrons. The van der Waals surface area contributed by atoms with Crippen molar-refractivity contribution in [2.24, 2.45) is 4.99 Å². The predicted molar refractivity (Wildman–Crippen MR) is 56.8 cm³/mol. The lowest BCUT2D eigenvalue weighted by atomic mass is 10.2. The van der Waals surface area contributed by atoms with Crippen molar-refractivity contribution in [3.63, 3.8) is 0 Å². The van der Waals surface area contributed by atoms with Crippen molar-refractivity contribution in [2.75, 3.05) is 6.54 Å². The van der Waals surface area contributed by atoms with Crippen molar-refractivity contribution < 1.29 is 27.6 Å². The van der Waals surface area contributed by atoms with Crippen LogP contribution in [0.25, 0.3) is 0 Å². The molecule has 8 heteroatoms. The van der Waals surface area contributed by atoms with Crippen LogP contribution in [0.3, 0.4) is 0 Å². The quantitative estimate of drug-likeness (QED) is 0.815. The summed E-state index contributed by atoms with van der Waals surface area (Å²) in [6.45, 7) is -0.366. The molecule has 1 aliphatic heterocycles. The summed E-state index contributed by atoms with van der Waals surface area (Å²) in [6, 6.07) is 7.99. The molecule has 0 radical (unpaired) electrons. The number of amides is 1. The molecule has 0 aliphatic carbocycles. The van der Waals surface area contributed by atoms with Gasteiger partial charge in [0.25, 0.3) is 5.91 Å². The molecule has 1 amide bonds. The van der Waals surface area contributed by atoms with Gasteiger partial charge in [-0.15, -0.1) is 5.06 Å². The Morgan fingerprint density at radius 3 is 2.47 bits per heavy atom. The zero-order valence-corrected chi connectivity index (χ0v) is 9.35. The second kappa shape index (κ2) is 4.71. The minimum atomic E-state index is -5.18. The van der Waals surface area contributed by atoms with Crippen molar-refractivity contribution in [3.05, 3.63) is 35.9 Å².